The predicted octanol–water partition coefficient (Wildman–Crippen LogP) is 2.19. The Morgan fingerprint density at radius 3 is 2.33 bits per heavy atom. The van der Waals surface area contributed by atoms with Crippen LogP contribution in [0.2, 0.25) is 0 Å². The molecule has 0 aromatic carbocycles. The second kappa shape index (κ2) is 5.42. The van der Waals surface area contributed by atoms with E-state index in [1.54, 1.807) is 0 Å². The second-order valence-corrected chi connectivity index (χ2v) is 1.69. The minimum absolute atomic E-state index is 0.788. The smallest absolute Gasteiger partial charge is 0.0970 e. The fraction of sp³-hybridized carbons (Fsp3) is 0.250. The van der Waals surface area contributed by atoms with Crippen LogP contribution in [-0.2, 0) is 0 Å². The molecule has 0 aliphatic carbocycles. The minimum Gasteiger partial charge on any atom is -0.0970 e. The van der Waals surface area contributed by atoms with Crippen LogP contribution in [0.3, 0.4) is 0 Å². The molecule has 0 spiro atoms. The normalized spacial score (nSPS) is 13.8. The molecule has 0 fully saturated rings. The van der Waals surface area contributed by atoms with Crippen molar-refractivity contribution in [2.45, 2.75) is 13.8 Å². The van der Waals surface area contributed by atoms with Crippen LogP contribution in [0.1, 0.15) is 13.8 Å². The number of allylic oxidation sites excluding steroid dienone is 6. The summed E-state index contributed by atoms with van der Waals surface area (Å²) in [6, 6.07) is 0. The third-order valence-electron chi connectivity index (χ3n) is 0.840. The summed E-state index contributed by atoms with van der Waals surface area (Å²) >= 11 is 0. The molecule has 0 N–H and O–H groups in total. The molecule has 1 heteroatoms. The fourth-order valence-electron chi connectivity index (χ4n) is 0.455. The molecule has 0 rings (SSSR count). The molecule has 0 aliphatic rings. The molecule has 0 nitrogen and oxygen atoms in total. The molecule has 46 valence electrons. The molecular weight excluding hydrogens is 107 g/mol. The summed E-state index contributed by atoms with van der Waals surface area (Å²) in [6.45, 7) is 3.90. The van der Waals surface area contributed by atoms with Crippen molar-refractivity contribution in [2.24, 2.45) is 0 Å². The number of rotatable bonds is 2. The monoisotopic (exact) mass is 118 g/mol. The Morgan fingerprint density at radius 2 is 1.89 bits per heavy atom. The summed E-state index contributed by atoms with van der Waals surface area (Å²) < 4.78 is 0. The van der Waals surface area contributed by atoms with E-state index in [-0.39, 0.29) is 0 Å². The highest BCUT2D eigenvalue weighted by Crippen LogP contribution is 1.89. The first-order valence-electron chi connectivity index (χ1n) is 3.02. The van der Waals surface area contributed by atoms with Gasteiger partial charge in [-0.05, 0) is 13.8 Å². The van der Waals surface area contributed by atoms with Gasteiger partial charge in [0.25, 0.3) is 0 Å². The van der Waals surface area contributed by atoms with Gasteiger partial charge in [-0.3, -0.25) is 0 Å². The van der Waals surface area contributed by atoms with Crippen molar-refractivity contribution in [1.82, 2.24) is 0 Å². The van der Waals surface area contributed by atoms with Crippen LogP contribution >= 0.6 is 0 Å². The van der Waals surface area contributed by atoms with Crippen molar-refractivity contribution in [2.75, 3.05) is 0 Å². The van der Waals surface area contributed by atoms with E-state index in [9.17, 15) is 0 Å². The van der Waals surface area contributed by atoms with E-state index >= 15 is 0 Å². The summed E-state index contributed by atoms with van der Waals surface area (Å²) in [5, 5.41) is 0. The summed E-state index contributed by atoms with van der Waals surface area (Å²) in [6.07, 6.45) is 9.49. The lowest BCUT2D eigenvalue weighted by Crippen LogP contribution is -1.70. The third kappa shape index (κ3) is 5.15. The predicted molar refractivity (Wildman–Crippen MR) is 43.5 cm³/mol. The van der Waals surface area contributed by atoms with Gasteiger partial charge in [0, 0.05) is 0 Å². The highest BCUT2D eigenvalue weighted by atomic mass is 13.7. The van der Waals surface area contributed by atoms with Crippen molar-refractivity contribution in [3.8, 4) is 0 Å². The average molecular weight is 118 g/mol. The molecule has 0 aromatic heterocycles. The Labute approximate surface area is 58.4 Å². The highest BCUT2D eigenvalue weighted by molar-refractivity contribution is 6.23. The van der Waals surface area contributed by atoms with Crippen molar-refractivity contribution < 1.29 is 0 Å². The van der Waals surface area contributed by atoms with Gasteiger partial charge in [0.15, 0.2) is 0 Å². The Morgan fingerprint density at radius 1 is 1.22 bits per heavy atom. The van der Waals surface area contributed by atoms with Crippen LogP contribution in [0.25, 0.3) is 0 Å². The SMILES string of the molecule is [B]C(=C/C=C\C)/C=C/C. The molecule has 0 unspecified atom stereocenters. The number of hydrogen-bond acceptors (Lipinski definition) is 0. The topological polar surface area (TPSA) is 0 Å². The highest BCUT2D eigenvalue weighted by Gasteiger charge is 1.72. The second-order valence-electron chi connectivity index (χ2n) is 1.69. The maximum atomic E-state index is 5.49. The first-order chi connectivity index (χ1) is 4.31. The Kier molecular flexibility index (Phi) is 4.99. The first-order valence-corrected chi connectivity index (χ1v) is 3.02. The van der Waals surface area contributed by atoms with Gasteiger partial charge in [0.1, 0.15) is 7.85 Å². The molecular formula is C8H11B. The molecule has 2 radical (unpaired) electrons. The maximum Gasteiger partial charge on any atom is 0.113 e. The van der Waals surface area contributed by atoms with Gasteiger partial charge in [-0.1, -0.05) is 35.9 Å². The lowest BCUT2D eigenvalue weighted by molar-refractivity contribution is 1.68. The van der Waals surface area contributed by atoms with Gasteiger partial charge < -0.3 is 0 Å². The van der Waals surface area contributed by atoms with E-state index in [4.69, 9.17) is 7.85 Å². The molecule has 0 saturated heterocycles. The maximum absolute atomic E-state index is 5.49. The summed E-state index contributed by atoms with van der Waals surface area (Å²) in [4.78, 5) is 0. The van der Waals surface area contributed by atoms with E-state index < -0.39 is 0 Å². The zero-order valence-electron chi connectivity index (χ0n) is 5.96. The third-order valence-corrected chi connectivity index (χ3v) is 0.840. The van der Waals surface area contributed by atoms with Gasteiger partial charge in [-0.25, -0.2) is 0 Å². The minimum atomic E-state index is 0.788. The summed E-state index contributed by atoms with van der Waals surface area (Å²) in [5.41, 5.74) is 0.788. The molecule has 0 aliphatic heterocycles. The molecule has 0 amide bonds. The Balaban J connectivity index is 3.84. The van der Waals surface area contributed by atoms with Crippen LogP contribution in [0.4, 0.5) is 0 Å². The quantitative estimate of drug-likeness (QED) is 0.385. The summed E-state index contributed by atoms with van der Waals surface area (Å²) in [7, 11) is 5.49. The van der Waals surface area contributed by atoms with Gasteiger partial charge >= 0.3 is 0 Å². The number of hydrogen-bond donors (Lipinski definition) is 0. The van der Waals surface area contributed by atoms with Crippen molar-refractivity contribution in [3.05, 3.63) is 35.9 Å². The van der Waals surface area contributed by atoms with Crippen LogP contribution in [0.5, 0.6) is 0 Å². The lowest BCUT2D eigenvalue weighted by atomic mass is 9.95. The molecule has 9 heavy (non-hydrogen) atoms. The van der Waals surface area contributed by atoms with Crippen molar-refractivity contribution >= 4 is 7.85 Å². The van der Waals surface area contributed by atoms with Gasteiger partial charge in [-0.15, -0.1) is 0 Å². The van der Waals surface area contributed by atoms with Crippen LogP contribution in [-0.4, -0.2) is 7.85 Å². The van der Waals surface area contributed by atoms with E-state index in [1.165, 1.54) is 0 Å². The van der Waals surface area contributed by atoms with E-state index in [2.05, 4.69) is 0 Å². The first kappa shape index (κ1) is 8.28. The molecule has 0 aromatic rings. The standard InChI is InChI=1S/C8H11B/c1-3-5-7-8(9)6-4-2/h3-7H,1-2H3/b5-3-,6-4+,8-7+. The van der Waals surface area contributed by atoms with Crippen molar-refractivity contribution in [1.29, 1.82) is 0 Å². The zero-order chi connectivity index (χ0) is 7.11. The average Bonchev–Trinajstić information content (AvgIpc) is 1.85. The largest absolute Gasteiger partial charge is 0.113 e. The Bertz CT molecular complexity index is 141. The molecule has 0 atom stereocenters. The molecule has 0 bridgehead atoms. The van der Waals surface area contributed by atoms with Gasteiger partial charge in [0.2, 0.25) is 0 Å². The van der Waals surface area contributed by atoms with E-state index in [0.29, 0.717) is 0 Å². The van der Waals surface area contributed by atoms with Crippen LogP contribution < -0.4 is 0 Å². The molecule has 0 saturated carbocycles. The molecule has 0 heterocycles. The Hall–Kier alpha value is -0.715. The van der Waals surface area contributed by atoms with Gasteiger partial charge in [0.05, 0.1) is 0 Å². The zero-order valence-corrected chi connectivity index (χ0v) is 5.96. The van der Waals surface area contributed by atoms with Crippen molar-refractivity contribution in [3.63, 3.8) is 0 Å². The summed E-state index contributed by atoms with van der Waals surface area (Å²) in [5.74, 6) is 0. The van der Waals surface area contributed by atoms with E-state index in [1.807, 2.05) is 44.2 Å². The van der Waals surface area contributed by atoms with Gasteiger partial charge in [-0.2, -0.15) is 0 Å². The van der Waals surface area contributed by atoms with Crippen LogP contribution in [0.15, 0.2) is 35.9 Å². The van der Waals surface area contributed by atoms with E-state index in [0.717, 1.165) is 5.47 Å². The van der Waals surface area contributed by atoms with Crippen LogP contribution in [0, 0.1) is 0 Å². The fourth-order valence-corrected chi connectivity index (χ4v) is 0.455. The lowest BCUT2D eigenvalue weighted by Gasteiger charge is -1.84.